The molecule has 0 radical (unpaired) electrons. The fourth-order valence-corrected chi connectivity index (χ4v) is 2.68. The Hall–Kier alpha value is -3.27. The zero-order valence-corrected chi connectivity index (χ0v) is 16.1. The molecule has 3 aromatic rings. The number of esters is 1. The highest BCUT2D eigenvalue weighted by Crippen LogP contribution is 2.19. The van der Waals surface area contributed by atoms with Crippen molar-refractivity contribution in [1.82, 2.24) is 0 Å². The molecule has 0 bridgehead atoms. The van der Waals surface area contributed by atoms with Crippen molar-refractivity contribution in [3.8, 4) is 11.5 Å². The first-order valence-corrected chi connectivity index (χ1v) is 9.53. The second-order valence-electron chi connectivity index (χ2n) is 6.52. The SMILES string of the molecule is CCCC(=O)Oc1ccc(CNc2ccc(OCc3ccccc3)cc2)cc1. The molecule has 28 heavy (non-hydrogen) atoms. The maximum absolute atomic E-state index is 11.5. The molecule has 1 N–H and O–H groups in total. The van der Waals surface area contributed by atoms with E-state index in [0.29, 0.717) is 25.3 Å². The minimum absolute atomic E-state index is 0.192. The fraction of sp³-hybridized carbons (Fsp3) is 0.208. The molecule has 3 rings (SSSR count). The number of hydrogen-bond acceptors (Lipinski definition) is 4. The summed E-state index contributed by atoms with van der Waals surface area (Å²) in [6.45, 7) is 3.20. The van der Waals surface area contributed by atoms with Crippen LogP contribution in [0.15, 0.2) is 78.9 Å². The monoisotopic (exact) mass is 375 g/mol. The number of ether oxygens (including phenoxy) is 2. The van der Waals surface area contributed by atoms with Gasteiger partial charge in [0, 0.05) is 18.7 Å². The number of benzene rings is 3. The van der Waals surface area contributed by atoms with Crippen LogP contribution in [0.4, 0.5) is 5.69 Å². The van der Waals surface area contributed by atoms with Gasteiger partial charge >= 0.3 is 5.97 Å². The molecule has 0 fully saturated rings. The second-order valence-corrected chi connectivity index (χ2v) is 6.52. The molecule has 3 aromatic carbocycles. The van der Waals surface area contributed by atoms with Crippen LogP contribution in [0.25, 0.3) is 0 Å². The number of rotatable bonds is 9. The number of anilines is 1. The average Bonchev–Trinajstić information content (AvgIpc) is 2.73. The van der Waals surface area contributed by atoms with E-state index in [1.165, 1.54) is 0 Å². The highest BCUT2D eigenvalue weighted by atomic mass is 16.5. The molecule has 4 nitrogen and oxygen atoms in total. The van der Waals surface area contributed by atoms with Crippen molar-refractivity contribution in [3.63, 3.8) is 0 Å². The molecule has 0 spiro atoms. The lowest BCUT2D eigenvalue weighted by molar-refractivity contribution is -0.134. The average molecular weight is 375 g/mol. The lowest BCUT2D eigenvalue weighted by atomic mass is 10.2. The molecule has 0 saturated heterocycles. The lowest BCUT2D eigenvalue weighted by Gasteiger charge is -2.10. The summed E-state index contributed by atoms with van der Waals surface area (Å²) in [5.41, 5.74) is 3.28. The van der Waals surface area contributed by atoms with Crippen LogP contribution in [0, 0.1) is 0 Å². The summed E-state index contributed by atoms with van der Waals surface area (Å²) in [6.07, 6.45) is 1.23. The van der Waals surface area contributed by atoms with E-state index in [1.807, 2.05) is 85.8 Å². The molecule has 0 aliphatic rings. The fourth-order valence-electron chi connectivity index (χ4n) is 2.68. The molecular weight excluding hydrogens is 350 g/mol. The van der Waals surface area contributed by atoms with Crippen LogP contribution in [-0.4, -0.2) is 5.97 Å². The molecule has 0 heterocycles. The van der Waals surface area contributed by atoms with Crippen molar-refractivity contribution < 1.29 is 14.3 Å². The van der Waals surface area contributed by atoms with Crippen LogP contribution >= 0.6 is 0 Å². The highest BCUT2D eigenvalue weighted by molar-refractivity contribution is 5.72. The van der Waals surface area contributed by atoms with Gasteiger partial charge in [0.2, 0.25) is 0 Å². The van der Waals surface area contributed by atoms with Gasteiger partial charge in [-0.1, -0.05) is 49.4 Å². The Bertz CT molecular complexity index is 859. The molecule has 0 aromatic heterocycles. The van der Waals surface area contributed by atoms with E-state index in [-0.39, 0.29) is 5.97 Å². The summed E-state index contributed by atoms with van der Waals surface area (Å²) < 4.78 is 11.1. The third-order valence-corrected chi connectivity index (χ3v) is 4.21. The standard InChI is InChI=1S/C24H25NO3/c1-2-6-24(26)28-23-13-9-19(10-14-23)17-25-21-11-15-22(16-12-21)27-18-20-7-4-3-5-8-20/h3-5,7-16,25H,2,6,17-18H2,1H3. The summed E-state index contributed by atoms with van der Waals surface area (Å²) >= 11 is 0. The van der Waals surface area contributed by atoms with Crippen LogP contribution < -0.4 is 14.8 Å². The maximum Gasteiger partial charge on any atom is 0.311 e. The topological polar surface area (TPSA) is 47.6 Å². The van der Waals surface area contributed by atoms with Gasteiger partial charge in [-0.2, -0.15) is 0 Å². The Kier molecular flexibility index (Phi) is 7.08. The summed E-state index contributed by atoms with van der Waals surface area (Å²) in [7, 11) is 0. The zero-order chi connectivity index (χ0) is 19.6. The van der Waals surface area contributed by atoms with Crippen molar-refractivity contribution in [2.45, 2.75) is 32.9 Å². The third-order valence-electron chi connectivity index (χ3n) is 4.21. The van der Waals surface area contributed by atoms with E-state index in [2.05, 4.69) is 5.32 Å². The number of carbonyl (C=O) groups is 1. The van der Waals surface area contributed by atoms with Gasteiger partial charge in [-0.05, 0) is 53.9 Å². The van der Waals surface area contributed by atoms with Crippen molar-refractivity contribution >= 4 is 11.7 Å². The van der Waals surface area contributed by atoms with E-state index < -0.39 is 0 Å². The predicted octanol–water partition coefficient (Wildman–Crippen LogP) is 5.58. The Morgan fingerprint density at radius 3 is 2.18 bits per heavy atom. The van der Waals surface area contributed by atoms with Crippen LogP contribution in [0.5, 0.6) is 11.5 Å². The number of hydrogen-bond donors (Lipinski definition) is 1. The van der Waals surface area contributed by atoms with Gasteiger partial charge in [-0.25, -0.2) is 0 Å². The summed E-state index contributed by atoms with van der Waals surface area (Å²) in [6, 6.07) is 25.6. The van der Waals surface area contributed by atoms with Crippen molar-refractivity contribution in [3.05, 3.63) is 90.0 Å². The number of carbonyl (C=O) groups excluding carboxylic acids is 1. The van der Waals surface area contributed by atoms with E-state index in [0.717, 1.165) is 29.0 Å². The van der Waals surface area contributed by atoms with Crippen LogP contribution in [-0.2, 0) is 17.9 Å². The van der Waals surface area contributed by atoms with E-state index in [9.17, 15) is 4.79 Å². The first-order valence-electron chi connectivity index (χ1n) is 9.53. The molecule has 144 valence electrons. The minimum Gasteiger partial charge on any atom is -0.489 e. The summed E-state index contributed by atoms with van der Waals surface area (Å²) in [5.74, 6) is 1.23. The van der Waals surface area contributed by atoms with Gasteiger partial charge in [0.25, 0.3) is 0 Å². The predicted molar refractivity (Wildman–Crippen MR) is 112 cm³/mol. The number of nitrogens with one attached hydrogen (secondary N) is 1. The maximum atomic E-state index is 11.5. The van der Waals surface area contributed by atoms with E-state index in [1.54, 1.807) is 0 Å². The van der Waals surface area contributed by atoms with Gasteiger partial charge < -0.3 is 14.8 Å². The second kappa shape index (κ2) is 10.2. The van der Waals surface area contributed by atoms with Gasteiger partial charge in [0.15, 0.2) is 0 Å². The van der Waals surface area contributed by atoms with E-state index in [4.69, 9.17) is 9.47 Å². The first-order chi connectivity index (χ1) is 13.7. The molecule has 4 heteroatoms. The Labute approximate surface area is 166 Å². The van der Waals surface area contributed by atoms with Gasteiger partial charge in [0.05, 0.1) is 0 Å². The Morgan fingerprint density at radius 1 is 0.821 bits per heavy atom. The molecule has 0 unspecified atom stereocenters. The lowest BCUT2D eigenvalue weighted by Crippen LogP contribution is -2.07. The Balaban J connectivity index is 1.46. The zero-order valence-electron chi connectivity index (χ0n) is 16.1. The van der Waals surface area contributed by atoms with Crippen molar-refractivity contribution in [2.24, 2.45) is 0 Å². The first kappa shape index (κ1) is 19.5. The summed E-state index contributed by atoms with van der Waals surface area (Å²) in [5, 5.41) is 3.38. The largest absolute Gasteiger partial charge is 0.489 e. The minimum atomic E-state index is -0.192. The molecule has 0 atom stereocenters. The highest BCUT2D eigenvalue weighted by Gasteiger charge is 2.03. The molecular formula is C24H25NO3. The van der Waals surface area contributed by atoms with Crippen molar-refractivity contribution in [2.75, 3.05) is 5.32 Å². The van der Waals surface area contributed by atoms with E-state index >= 15 is 0 Å². The summed E-state index contributed by atoms with van der Waals surface area (Å²) in [4.78, 5) is 11.5. The van der Waals surface area contributed by atoms with Crippen LogP contribution in [0.1, 0.15) is 30.9 Å². The molecule has 0 aliphatic carbocycles. The smallest absolute Gasteiger partial charge is 0.311 e. The van der Waals surface area contributed by atoms with Gasteiger partial charge in [0.1, 0.15) is 18.1 Å². The molecule has 0 aliphatic heterocycles. The van der Waals surface area contributed by atoms with Crippen LogP contribution in [0.2, 0.25) is 0 Å². The van der Waals surface area contributed by atoms with Crippen molar-refractivity contribution in [1.29, 1.82) is 0 Å². The van der Waals surface area contributed by atoms with Gasteiger partial charge in [-0.15, -0.1) is 0 Å². The van der Waals surface area contributed by atoms with Gasteiger partial charge in [-0.3, -0.25) is 4.79 Å². The Morgan fingerprint density at radius 2 is 1.50 bits per heavy atom. The van der Waals surface area contributed by atoms with Crippen LogP contribution in [0.3, 0.4) is 0 Å². The third kappa shape index (κ3) is 6.16. The quantitative estimate of drug-likeness (QED) is 0.392. The molecule has 0 saturated carbocycles. The normalized spacial score (nSPS) is 10.3. The molecule has 0 amide bonds.